The number of fused-ring (bicyclic) bond motifs is 1. The first-order valence-corrected chi connectivity index (χ1v) is 10.0. The lowest BCUT2D eigenvalue weighted by atomic mass is 10.0. The van der Waals surface area contributed by atoms with Crippen molar-refractivity contribution >= 4 is 28.5 Å². The number of amides is 1. The lowest BCUT2D eigenvalue weighted by Crippen LogP contribution is -2.19. The average Bonchev–Trinajstić information content (AvgIpc) is 3.38. The summed E-state index contributed by atoms with van der Waals surface area (Å²) in [4.78, 5) is 19.0. The Morgan fingerprint density at radius 1 is 1.13 bits per heavy atom. The van der Waals surface area contributed by atoms with Gasteiger partial charge in [-0.3, -0.25) is 9.78 Å². The van der Waals surface area contributed by atoms with Crippen LogP contribution in [0.5, 0.6) is 0 Å². The number of pyridine rings is 1. The number of rotatable bonds is 4. The Morgan fingerprint density at radius 2 is 2.00 bits per heavy atom. The predicted octanol–water partition coefficient (Wildman–Crippen LogP) is 4.62. The zero-order valence-corrected chi connectivity index (χ0v) is 16.3. The number of aromatic nitrogens is 1. The van der Waals surface area contributed by atoms with Crippen molar-refractivity contribution in [2.75, 3.05) is 28.6 Å². The Labute approximate surface area is 174 Å². The van der Waals surface area contributed by atoms with E-state index in [0.29, 0.717) is 22.7 Å². The van der Waals surface area contributed by atoms with Crippen LogP contribution in [0, 0.1) is 5.82 Å². The van der Waals surface area contributed by atoms with Crippen molar-refractivity contribution in [3.63, 3.8) is 0 Å². The summed E-state index contributed by atoms with van der Waals surface area (Å²) in [6.45, 7) is 1.96. The van der Waals surface area contributed by atoms with Crippen LogP contribution in [0.2, 0.25) is 0 Å². The topological polar surface area (TPSA) is 57.3 Å². The fourth-order valence-corrected chi connectivity index (χ4v) is 4.08. The maximum Gasteiger partial charge on any atom is 0.257 e. The van der Waals surface area contributed by atoms with Crippen molar-refractivity contribution in [2.24, 2.45) is 0 Å². The molecule has 0 aliphatic carbocycles. The molecule has 0 spiro atoms. The van der Waals surface area contributed by atoms with Crippen LogP contribution in [0.4, 0.5) is 21.5 Å². The Kier molecular flexibility index (Phi) is 4.67. The Bertz CT molecular complexity index is 1110. The van der Waals surface area contributed by atoms with Gasteiger partial charge < -0.3 is 15.5 Å². The summed E-state index contributed by atoms with van der Waals surface area (Å²) < 4.78 is 13.6. The molecule has 2 N–H and O–H groups in total. The van der Waals surface area contributed by atoms with E-state index in [1.165, 1.54) is 12.1 Å². The molecule has 0 saturated carbocycles. The van der Waals surface area contributed by atoms with Gasteiger partial charge in [-0.25, -0.2) is 4.39 Å². The number of halogens is 1. The molecular weight excluding hydrogens is 379 g/mol. The molecule has 150 valence electrons. The van der Waals surface area contributed by atoms with Crippen LogP contribution in [0.1, 0.15) is 23.6 Å². The maximum atomic E-state index is 13.6. The lowest BCUT2D eigenvalue weighted by Gasteiger charge is -2.19. The summed E-state index contributed by atoms with van der Waals surface area (Å²) in [6, 6.07) is 18.5. The molecule has 1 unspecified atom stereocenters. The summed E-state index contributed by atoms with van der Waals surface area (Å²) in [5.41, 5.74) is 4.80. The Hall–Kier alpha value is -3.67. The van der Waals surface area contributed by atoms with E-state index in [0.717, 1.165) is 36.6 Å². The van der Waals surface area contributed by atoms with Crippen LogP contribution in [0.3, 0.4) is 0 Å². The van der Waals surface area contributed by atoms with Gasteiger partial charge in [-0.05, 0) is 61.0 Å². The highest BCUT2D eigenvalue weighted by molar-refractivity contribution is 6.31. The van der Waals surface area contributed by atoms with Gasteiger partial charge in [0.2, 0.25) is 0 Å². The van der Waals surface area contributed by atoms with Crippen LogP contribution >= 0.6 is 0 Å². The number of carbonyl (C=O) groups is 1. The van der Waals surface area contributed by atoms with Crippen LogP contribution < -0.4 is 15.5 Å². The van der Waals surface area contributed by atoms with E-state index < -0.39 is 0 Å². The molecule has 6 heteroatoms. The number of nitrogens with zero attached hydrogens (tertiary/aromatic N) is 2. The zero-order chi connectivity index (χ0) is 20.5. The molecule has 5 rings (SSSR count). The summed E-state index contributed by atoms with van der Waals surface area (Å²) in [5.74, 6) is -0.150. The zero-order valence-electron chi connectivity index (χ0n) is 16.3. The molecule has 1 saturated heterocycles. The van der Waals surface area contributed by atoms with Crippen molar-refractivity contribution in [2.45, 2.75) is 12.3 Å². The van der Waals surface area contributed by atoms with E-state index >= 15 is 0 Å². The summed E-state index contributed by atoms with van der Waals surface area (Å²) in [5, 5.41) is 5.91. The second-order valence-corrected chi connectivity index (χ2v) is 7.58. The molecule has 5 nitrogen and oxygen atoms in total. The molecule has 2 aliphatic rings. The third-order valence-electron chi connectivity index (χ3n) is 5.67. The maximum absolute atomic E-state index is 13.6. The Morgan fingerprint density at radius 3 is 2.80 bits per heavy atom. The van der Waals surface area contributed by atoms with Crippen molar-refractivity contribution in [1.82, 2.24) is 4.98 Å². The van der Waals surface area contributed by atoms with Gasteiger partial charge in [-0.15, -0.1) is 0 Å². The second-order valence-electron chi connectivity index (χ2n) is 7.58. The third kappa shape index (κ3) is 3.52. The van der Waals surface area contributed by atoms with Crippen molar-refractivity contribution in [3.8, 4) is 0 Å². The first kappa shape index (κ1) is 18.4. The number of nitrogens with one attached hydrogen (secondary N) is 2. The number of hydrogen-bond acceptors (Lipinski definition) is 4. The van der Waals surface area contributed by atoms with Crippen LogP contribution in [-0.4, -0.2) is 24.0 Å². The van der Waals surface area contributed by atoms with Crippen molar-refractivity contribution in [1.29, 1.82) is 0 Å². The number of carbonyl (C=O) groups excluding carboxylic acids is 1. The third-order valence-corrected chi connectivity index (χ3v) is 5.67. The van der Waals surface area contributed by atoms with Crippen LogP contribution in [-0.2, 0) is 4.79 Å². The quantitative estimate of drug-likeness (QED) is 0.628. The molecule has 3 aromatic rings. The van der Waals surface area contributed by atoms with Gasteiger partial charge in [0.15, 0.2) is 0 Å². The van der Waals surface area contributed by atoms with Gasteiger partial charge in [0, 0.05) is 59.7 Å². The Balaban J connectivity index is 1.27. The van der Waals surface area contributed by atoms with Gasteiger partial charge in [0.05, 0.1) is 5.57 Å². The van der Waals surface area contributed by atoms with Crippen molar-refractivity contribution in [3.05, 3.63) is 90.1 Å². The van der Waals surface area contributed by atoms with E-state index in [9.17, 15) is 9.18 Å². The molecule has 1 amide bonds. The van der Waals surface area contributed by atoms with E-state index in [1.54, 1.807) is 12.3 Å². The van der Waals surface area contributed by atoms with Gasteiger partial charge in [-0.2, -0.15) is 0 Å². The van der Waals surface area contributed by atoms with Crippen molar-refractivity contribution < 1.29 is 9.18 Å². The molecule has 2 aliphatic heterocycles. The van der Waals surface area contributed by atoms with Gasteiger partial charge in [0.1, 0.15) is 5.82 Å². The monoisotopic (exact) mass is 400 g/mol. The fourth-order valence-electron chi connectivity index (χ4n) is 4.08. The van der Waals surface area contributed by atoms with Crippen LogP contribution in [0.15, 0.2) is 73.1 Å². The lowest BCUT2D eigenvalue weighted by molar-refractivity contribution is -0.110. The molecule has 1 atom stereocenters. The predicted molar refractivity (Wildman–Crippen MR) is 117 cm³/mol. The smallest absolute Gasteiger partial charge is 0.257 e. The minimum absolute atomic E-state index is 0.239. The van der Waals surface area contributed by atoms with Crippen LogP contribution in [0.25, 0.3) is 5.57 Å². The summed E-state index contributed by atoms with van der Waals surface area (Å²) in [6.07, 6.45) is 4.57. The molecule has 0 bridgehead atoms. The molecular formula is C24H21FN4O. The standard InChI is InChI=1S/C24H21FN4O/c25-17-4-9-23-20(13-17)21(24(30)28-23)14-27-18-5-7-19(8-6-18)29-12-10-16(15-29)22-3-1-2-11-26-22/h1-9,11,13-14,16,27H,10,12,15H2,(H,28,30). The summed E-state index contributed by atoms with van der Waals surface area (Å²) >= 11 is 0. The van der Waals surface area contributed by atoms with E-state index in [2.05, 4.69) is 38.7 Å². The minimum Gasteiger partial charge on any atom is -0.371 e. The van der Waals surface area contributed by atoms with E-state index in [1.807, 2.05) is 30.5 Å². The minimum atomic E-state index is -0.366. The van der Waals surface area contributed by atoms with Gasteiger partial charge >= 0.3 is 0 Å². The van der Waals surface area contributed by atoms with E-state index in [-0.39, 0.29) is 11.7 Å². The molecule has 0 radical (unpaired) electrons. The highest BCUT2D eigenvalue weighted by Gasteiger charge is 2.25. The first-order chi connectivity index (χ1) is 14.7. The second kappa shape index (κ2) is 7.63. The summed E-state index contributed by atoms with van der Waals surface area (Å²) in [7, 11) is 0. The molecule has 30 heavy (non-hydrogen) atoms. The van der Waals surface area contributed by atoms with Gasteiger partial charge in [-0.1, -0.05) is 6.07 Å². The number of benzene rings is 2. The SMILES string of the molecule is O=C1Nc2ccc(F)cc2C1=CNc1ccc(N2CCC(c3ccccn3)C2)cc1. The first-order valence-electron chi connectivity index (χ1n) is 10.0. The normalized spacial score (nSPS) is 19.1. The molecule has 1 aromatic heterocycles. The largest absolute Gasteiger partial charge is 0.371 e. The number of hydrogen-bond donors (Lipinski definition) is 2. The van der Waals surface area contributed by atoms with Gasteiger partial charge in [0.25, 0.3) is 5.91 Å². The highest BCUT2D eigenvalue weighted by Crippen LogP contribution is 2.33. The average molecular weight is 400 g/mol. The van der Waals surface area contributed by atoms with E-state index in [4.69, 9.17) is 0 Å². The number of anilines is 3. The highest BCUT2D eigenvalue weighted by atomic mass is 19.1. The molecule has 1 fully saturated rings. The molecule has 2 aromatic carbocycles. The fraction of sp³-hybridized carbons (Fsp3) is 0.167. The molecule has 3 heterocycles.